The Balaban J connectivity index is 1.11. The van der Waals surface area contributed by atoms with Crippen molar-refractivity contribution < 1.29 is 14.3 Å². The minimum atomic E-state index is 0.137. The standard InChI is InChI=1S/C27H33N3O3/c31-27(21-29-16-14-28(15-17-29)12-4-8-22-6-2-1-3-7-22)30-13-5-9-24(30)23-10-11-25-26(20-23)33-19-18-32-25/h1-4,6-8,10-11,20,24H,5,9,12-19,21H2/b8-4+. The monoisotopic (exact) mass is 447 g/mol. The van der Waals surface area contributed by atoms with E-state index in [-0.39, 0.29) is 11.9 Å². The fourth-order valence-corrected chi connectivity index (χ4v) is 4.99. The number of nitrogens with zero attached hydrogens (tertiary/aromatic N) is 3. The second kappa shape index (κ2) is 10.4. The van der Waals surface area contributed by atoms with Crippen molar-refractivity contribution in [3.05, 3.63) is 65.7 Å². The Morgan fingerprint density at radius 1 is 0.909 bits per heavy atom. The molecule has 2 aromatic rings. The molecule has 3 aliphatic heterocycles. The zero-order valence-electron chi connectivity index (χ0n) is 19.2. The fraction of sp³-hybridized carbons (Fsp3) is 0.444. The van der Waals surface area contributed by atoms with Crippen LogP contribution >= 0.6 is 0 Å². The summed E-state index contributed by atoms with van der Waals surface area (Å²) in [5.41, 5.74) is 2.39. The number of carbonyl (C=O) groups excluding carboxylic acids is 1. The highest BCUT2D eigenvalue weighted by Gasteiger charge is 2.32. The molecule has 0 aromatic heterocycles. The third-order valence-electron chi connectivity index (χ3n) is 6.82. The molecule has 0 bridgehead atoms. The highest BCUT2D eigenvalue weighted by molar-refractivity contribution is 5.79. The van der Waals surface area contributed by atoms with Crippen molar-refractivity contribution in [1.29, 1.82) is 0 Å². The Labute approximate surface area is 196 Å². The van der Waals surface area contributed by atoms with E-state index < -0.39 is 0 Å². The van der Waals surface area contributed by atoms with Gasteiger partial charge in [-0.1, -0.05) is 48.6 Å². The number of hydrogen-bond acceptors (Lipinski definition) is 5. The van der Waals surface area contributed by atoms with E-state index >= 15 is 0 Å². The van der Waals surface area contributed by atoms with E-state index in [9.17, 15) is 4.79 Å². The molecule has 0 aliphatic carbocycles. The summed E-state index contributed by atoms with van der Waals surface area (Å²) < 4.78 is 11.4. The maximum Gasteiger partial charge on any atom is 0.237 e. The molecular formula is C27H33N3O3. The quantitative estimate of drug-likeness (QED) is 0.679. The fourth-order valence-electron chi connectivity index (χ4n) is 4.99. The minimum Gasteiger partial charge on any atom is -0.486 e. The van der Waals surface area contributed by atoms with Crippen LogP contribution in [0.3, 0.4) is 0 Å². The minimum absolute atomic E-state index is 0.137. The van der Waals surface area contributed by atoms with Gasteiger partial charge < -0.3 is 14.4 Å². The van der Waals surface area contributed by atoms with E-state index in [0.717, 1.165) is 69.2 Å². The molecule has 0 saturated carbocycles. The van der Waals surface area contributed by atoms with Crippen LogP contribution in [0, 0.1) is 0 Å². The lowest BCUT2D eigenvalue weighted by molar-refractivity contribution is -0.133. The lowest BCUT2D eigenvalue weighted by atomic mass is 10.0. The number of piperazine rings is 1. The molecule has 2 saturated heterocycles. The van der Waals surface area contributed by atoms with Gasteiger partial charge in [0.25, 0.3) is 0 Å². The van der Waals surface area contributed by atoms with Gasteiger partial charge in [0.2, 0.25) is 5.91 Å². The average Bonchev–Trinajstić information content (AvgIpc) is 3.36. The summed E-state index contributed by atoms with van der Waals surface area (Å²) >= 11 is 0. The van der Waals surface area contributed by atoms with Crippen molar-refractivity contribution in [2.24, 2.45) is 0 Å². The maximum atomic E-state index is 13.2. The van der Waals surface area contributed by atoms with Gasteiger partial charge in [0.1, 0.15) is 13.2 Å². The predicted molar refractivity (Wildman–Crippen MR) is 129 cm³/mol. The number of benzene rings is 2. The molecular weight excluding hydrogens is 414 g/mol. The van der Waals surface area contributed by atoms with E-state index in [1.54, 1.807) is 0 Å². The molecule has 3 aliphatic rings. The average molecular weight is 448 g/mol. The van der Waals surface area contributed by atoms with Crippen LogP contribution < -0.4 is 9.47 Å². The highest BCUT2D eigenvalue weighted by atomic mass is 16.6. The second-order valence-corrected chi connectivity index (χ2v) is 9.04. The largest absolute Gasteiger partial charge is 0.486 e. The Morgan fingerprint density at radius 2 is 1.67 bits per heavy atom. The number of fused-ring (bicyclic) bond motifs is 1. The van der Waals surface area contributed by atoms with Crippen molar-refractivity contribution in [3.8, 4) is 11.5 Å². The van der Waals surface area contributed by atoms with Gasteiger partial charge in [-0.25, -0.2) is 0 Å². The number of hydrogen-bond donors (Lipinski definition) is 0. The molecule has 5 rings (SSSR count). The summed E-state index contributed by atoms with van der Waals surface area (Å²) in [7, 11) is 0. The number of likely N-dealkylation sites (tertiary alicyclic amines) is 1. The van der Waals surface area contributed by atoms with Crippen molar-refractivity contribution in [2.75, 3.05) is 59.0 Å². The topological polar surface area (TPSA) is 45.3 Å². The van der Waals surface area contributed by atoms with Crippen LogP contribution in [0.5, 0.6) is 11.5 Å². The third kappa shape index (κ3) is 5.40. The first kappa shape index (κ1) is 22.0. The third-order valence-corrected chi connectivity index (χ3v) is 6.82. The van der Waals surface area contributed by atoms with E-state index in [1.165, 1.54) is 5.56 Å². The van der Waals surface area contributed by atoms with Gasteiger partial charge in [-0.3, -0.25) is 14.6 Å². The van der Waals surface area contributed by atoms with Crippen LogP contribution in [0.2, 0.25) is 0 Å². The van der Waals surface area contributed by atoms with Crippen LogP contribution in [-0.4, -0.2) is 79.6 Å². The van der Waals surface area contributed by atoms with E-state index in [0.29, 0.717) is 19.8 Å². The van der Waals surface area contributed by atoms with Gasteiger partial charge in [0.05, 0.1) is 12.6 Å². The number of ether oxygens (including phenoxy) is 2. The molecule has 2 aromatic carbocycles. The molecule has 0 radical (unpaired) electrons. The van der Waals surface area contributed by atoms with E-state index in [4.69, 9.17) is 9.47 Å². The first-order valence-electron chi connectivity index (χ1n) is 12.1. The molecule has 2 fully saturated rings. The van der Waals surface area contributed by atoms with Crippen LogP contribution in [-0.2, 0) is 4.79 Å². The SMILES string of the molecule is O=C(CN1CCN(C/C=C/c2ccccc2)CC1)N1CCCC1c1ccc2c(c1)OCCO2. The molecule has 1 unspecified atom stereocenters. The van der Waals surface area contributed by atoms with Crippen LogP contribution in [0.1, 0.15) is 30.0 Å². The van der Waals surface area contributed by atoms with Crippen molar-refractivity contribution in [3.63, 3.8) is 0 Å². The summed E-state index contributed by atoms with van der Waals surface area (Å²) in [5.74, 6) is 1.85. The summed E-state index contributed by atoms with van der Waals surface area (Å²) in [5, 5.41) is 0. The normalized spacial score (nSPS) is 21.6. The van der Waals surface area contributed by atoms with Gasteiger partial charge in [0.15, 0.2) is 11.5 Å². The van der Waals surface area contributed by atoms with Crippen LogP contribution in [0.25, 0.3) is 6.08 Å². The molecule has 1 amide bonds. The molecule has 6 heteroatoms. The van der Waals surface area contributed by atoms with Crippen LogP contribution in [0.15, 0.2) is 54.6 Å². The number of amides is 1. The number of carbonyl (C=O) groups is 1. The van der Waals surface area contributed by atoms with Crippen LogP contribution in [0.4, 0.5) is 0 Å². The van der Waals surface area contributed by atoms with Gasteiger partial charge in [-0.2, -0.15) is 0 Å². The first-order chi connectivity index (χ1) is 16.3. The molecule has 0 spiro atoms. The lowest BCUT2D eigenvalue weighted by Gasteiger charge is -2.35. The van der Waals surface area contributed by atoms with Gasteiger partial charge in [0, 0.05) is 39.3 Å². The van der Waals surface area contributed by atoms with Gasteiger partial charge in [-0.15, -0.1) is 0 Å². The van der Waals surface area contributed by atoms with Gasteiger partial charge >= 0.3 is 0 Å². The van der Waals surface area contributed by atoms with Crippen molar-refractivity contribution in [2.45, 2.75) is 18.9 Å². The van der Waals surface area contributed by atoms with Gasteiger partial charge in [-0.05, 0) is 36.1 Å². The molecule has 174 valence electrons. The lowest BCUT2D eigenvalue weighted by Crippen LogP contribution is -2.49. The van der Waals surface area contributed by atoms with E-state index in [2.05, 4.69) is 63.2 Å². The summed E-state index contributed by atoms with van der Waals surface area (Å²) in [4.78, 5) is 20.0. The Morgan fingerprint density at radius 3 is 2.48 bits per heavy atom. The Kier molecular flexibility index (Phi) is 6.93. The summed E-state index contributed by atoms with van der Waals surface area (Å²) in [6.45, 7) is 7.34. The molecule has 1 atom stereocenters. The Hall–Kier alpha value is -2.83. The molecule has 0 N–H and O–H groups in total. The second-order valence-electron chi connectivity index (χ2n) is 9.04. The number of rotatable bonds is 6. The molecule has 6 nitrogen and oxygen atoms in total. The molecule has 33 heavy (non-hydrogen) atoms. The van der Waals surface area contributed by atoms with Crippen molar-refractivity contribution >= 4 is 12.0 Å². The molecule has 3 heterocycles. The highest BCUT2D eigenvalue weighted by Crippen LogP contribution is 2.38. The zero-order chi connectivity index (χ0) is 22.5. The summed E-state index contributed by atoms with van der Waals surface area (Å²) in [6, 6.07) is 16.7. The van der Waals surface area contributed by atoms with Crippen molar-refractivity contribution in [1.82, 2.24) is 14.7 Å². The van der Waals surface area contributed by atoms with E-state index in [1.807, 2.05) is 12.1 Å². The summed E-state index contributed by atoms with van der Waals surface area (Å²) in [6.07, 6.45) is 6.47. The first-order valence-corrected chi connectivity index (χ1v) is 12.1. The smallest absolute Gasteiger partial charge is 0.237 e. The zero-order valence-corrected chi connectivity index (χ0v) is 19.2. The Bertz CT molecular complexity index is 970. The predicted octanol–water partition coefficient (Wildman–Crippen LogP) is 3.45. The maximum absolute atomic E-state index is 13.2.